The van der Waals surface area contributed by atoms with Gasteiger partial charge in [0.25, 0.3) is 5.91 Å². The van der Waals surface area contributed by atoms with E-state index >= 15 is 0 Å². The van der Waals surface area contributed by atoms with E-state index in [-0.39, 0.29) is 5.91 Å². The first-order valence-corrected chi connectivity index (χ1v) is 6.21. The molecular formula is C12H12N2O3S. The van der Waals surface area contributed by atoms with E-state index in [0.717, 1.165) is 10.2 Å². The smallest absolute Gasteiger partial charge is 0.328 e. The van der Waals surface area contributed by atoms with E-state index in [1.54, 1.807) is 30.6 Å². The summed E-state index contributed by atoms with van der Waals surface area (Å²) in [6.07, 6.45) is 0. The fourth-order valence-corrected chi connectivity index (χ4v) is 2.23. The van der Waals surface area contributed by atoms with Crippen LogP contribution in [0.4, 0.5) is 0 Å². The Morgan fingerprint density at radius 2 is 2.22 bits per heavy atom. The first kappa shape index (κ1) is 12.5. The Labute approximate surface area is 108 Å². The predicted octanol–water partition coefficient (Wildman–Crippen LogP) is 1.59. The van der Waals surface area contributed by atoms with Gasteiger partial charge >= 0.3 is 5.97 Å². The van der Waals surface area contributed by atoms with Crippen molar-refractivity contribution in [3.63, 3.8) is 0 Å². The highest BCUT2D eigenvalue weighted by Crippen LogP contribution is 2.19. The number of benzene rings is 1. The van der Waals surface area contributed by atoms with Crippen LogP contribution in [0.25, 0.3) is 10.2 Å². The van der Waals surface area contributed by atoms with E-state index in [2.05, 4.69) is 15.0 Å². The molecule has 1 amide bonds. The van der Waals surface area contributed by atoms with Crippen molar-refractivity contribution in [2.24, 2.45) is 0 Å². The molecule has 0 radical (unpaired) electrons. The lowest BCUT2D eigenvalue weighted by atomic mass is 10.2. The van der Waals surface area contributed by atoms with Crippen LogP contribution in [0.15, 0.2) is 23.7 Å². The van der Waals surface area contributed by atoms with Crippen molar-refractivity contribution in [1.29, 1.82) is 0 Å². The van der Waals surface area contributed by atoms with E-state index in [1.807, 2.05) is 0 Å². The number of nitrogens with one attached hydrogen (secondary N) is 1. The summed E-state index contributed by atoms with van der Waals surface area (Å²) in [6, 6.07) is 4.55. The maximum Gasteiger partial charge on any atom is 0.328 e. The average molecular weight is 264 g/mol. The molecule has 18 heavy (non-hydrogen) atoms. The van der Waals surface area contributed by atoms with Gasteiger partial charge in [0.1, 0.15) is 6.04 Å². The number of nitrogens with zero attached hydrogens (tertiary/aromatic N) is 1. The Bertz CT molecular complexity index is 594. The molecule has 0 aliphatic rings. The van der Waals surface area contributed by atoms with Crippen LogP contribution in [-0.2, 0) is 9.53 Å². The van der Waals surface area contributed by atoms with Gasteiger partial charge < -0.3 is 10.1 Å². The number of carbonyl (C=O) groups excluding carboxylic acids is 2. The van der Waals surface area contributed by atoms with Crippen LogP contribution in [0.3, 0.4) is 0 Å². The zero-order valence-electron chi connectivity index (χ0n) is 9.97. The number of hydrogen-bond donors (Lipinski definition) is 1. The maximum absolute atomic E-state index is 11.9. The second-order valence-electron chi connectivity index (χ2n) is 3.75. The van der Waals surface area contributed by atoms with Crippen LogP contribution in [0.5, 0.6) is 0 Å². The molecule has 1 heterocycles. The summed E-state index contributed by atoms with van der Waals surface area (Å²) >= 11 is 1.47. The normalized spacial score (nSPS) is 12.1. The summed E-state index contributed by atoms with van der Waals surface area (Å²) in [7, 11) is 1.29. The number of hydrogen-bond acceptors (Lipinski definition) is 5. The highest BCUT2D eigenvalue weighted by atomic mass is 32.1. The van der Waals surface area contributed by atoms with Gasteiger partial charge in [-0.1, -0.05) is 0 Å². The van der Waals surface area contributed by atoms with Gasteiger partial charge in [0, 0.05) is 5.56 Å². The largest absolute Gasteiger partial charge is 0.467 e. The van der Waals surface area contributed by atoms with Gasteiger partial charge in [-0.3, -0.25) is 4.79 Å². The number of esters is 1. The van der Waals surface area contributed by atoms with Crippen LogP contribution in [0, 0.1) is 0 Å². The molecule has 6 heteroatoms. The minimum absolute atomic E-state index is 0.303. The molecule has 1 aromatic carbocycles. The summed E-state index contributed by atoms with van der Waals surface area (Å²) in [5.74, 6) is -0.773. The molecule has 0 saturated carbocycles. The number of rotatable bonds is 3. The molecule has 0 spiro atoms. The third-order valence-electron chi connectivity index (χ3n) is 2.50. The third kappa shape index (κ3) is 2.48. The summed E-state index contributed by atoms with van der Waals surface area (Å²) in [5, 5.41) is 2.57. The predicted molar refractivity (Wildman–Crippen MR) is 68.6 cm³/mol. The number of carbonyl (C=O) groups is 2. The topological polar surface area (TPSA) is 68.3 Å². The van der Waals surface area contributed by atoms with Crippen LogP contribution < -0.4 is 5.32 Å². The fraction of sp³-hybridized carbons (Fsp3) is 0.250. The van der Waals surface area contributed by atoms with Crippen LogP contribution in [-0.4, -0.2) is 30.0 Å². The van der Waals surface area contributed by atoms with Gasteiger partial charge in [-0.25, -0.2) is 9.78 Å². The molecule has 0 bridgehead atoms. The van der Waals surface area contributed by atoms with E-state index in [9.17, 15) is 9.59 Å². The number of fused-ring (bicyclic) bond motifs is 1. The SMILES string of the molecule is COC(=O)C(C)NC(=O)c1ccc2ncsc2c1. The van der Waals surface area contributed by atoms with E-state index < -0.39 is 12.0 Å². The number of methoxy groups -OCH3 is 1. The minimum atomic E-state index is -0.667. The molecule has 0 saturated heterocycles. The number of ether oxygens (including phenoxy) is 1. The highest BCUT2D eigenvalue weighted by Gasteiger charge is 2.17. The molecule has 1 aromatic heterocycles. The second kappa shape index (κ2) is 5.14. The summed E-state index contributed by atoms with van der Waals surface area (Å²) in [6.45, 7) is 1.58. The lowest BCUT2D eigenvalue weighted by molar-refractivity contribution is -0.142. The lowest BCUT2D eigenvalue weighted by Crippen LogP contribution is -2.39. The Morgan fingerprint density at radius 3 is 2.94 bits per heavy atom. The van der Waals surface area contributed by atoms with Crippen molar-refractivity contribution in [3.05, 3.63) is 29.3 Å². The van der Waals surface area contributed by atoms with Gasteiger partial charge in [0.15, 0.2) is 0 Å². The maximum atomic E-state index is 11.9. The monoisotopic (exact) mass is 264 g/mol. The van der Waals surface area contributed by atoms with Crippen molar-refractivity contribution in [2.45, 2.75) is 13.0 Å². The highest BCUT2D eigenvalue weighted by molar-refractivity contribution is 7.16. The molecule has 2 rings (SSSR count). The molecular weight excluding hydrogens is 252 g/mol. The Morgan fingerprint density at radius 1 is 1.44 bits per heavy atom. The number of thiazole rings is 1. The lowest BCUT2D eigenvalue weighted by Gasteiger charge is -2.11. The quantitative estimate of drug-likeness (QED) is 0.855. The standard InChI is InChI=1S/C12H12N2O3S/c1-7(12(16)17-2)14-11(15)8-3-4-9-10(5-8)18-6-13-9/h3-7H,1-2H3,(H,14,15). The Kier molecular flexibility index (Phi) is 3.57. The number of amides is 1. The molecule has 0 aliphatic heterocycles. The molecule has 1 N–H and O–H groups in total. The summed E-state index contributed by atoms with van der Waals surface area (Å²) in [4.78, 5) is 27.2. The van der Waals surface area contributed by atoms with Gasteiger partial charge in [-0.2, -0.15) is 0 Å². The first-order valence-electron chi connectivity index (χ1n) is 5.33. The van der Waals surface area contributed by atoms with Crippen LogP contribution in [0.2, 0.25) is 0 Å². The zero-order valence-corrected chi connectivity index (χ0v) is 10.8. The Hall–Kier alpha value is -1.95. The molecule has 1 atom stereocenters. The van der Waals surface area contributed by atoms with Gasteiger partial charge in [-0.05, 0) is 25.1 Å². The molecule has 0 aliphatic carbocycles. The molecule has 2 aromatic rings. The Balaban J connectivity index is 2.15. The second-order valence-corrected chi connectivity index (χ2v) is 4.64. The van der Waals surface area contributed by atoms with Crippen molar-refractivity contribution >= 4 is 33.4 Å². The van der Waals surface area contributed by atoms with Gasteiger partial charge in [0.2, 0.25) is 0 Å². The van der Waals surface area contributed by atoms with Crippen LogP contribution >= 0.6 is 11.3 Å². The van der Waals surface area contributed by atoms with E-state index in [4.69, 9.17) is 0 Å². The number of aromatic nitrogens is 1. The third-order valence-corrected chi connectivity index (χ3v) is 3.29. The molecule has 0 fully saturated rings. The molecule has 5 nitrogen and oxygen atoms in total. The zero-order chi connectivity index (χ0) is 13.1. The van der Waals surface area contributed by atoms with Crippen molar-refractivity contribution in [3.8, 4) is 0 Å². The van der Waals surface area contributed by atoms with Crippen LogP contribution in [0.1, 0.15) is 17.3 Å². The van der Waals surface area contributed by atoms with Crippen molar-refractivity contribution < 1.29 is 14.3 Å². The van der Waals surface area contributed by atoms with E-state index in [0.29, 0.717) is 5.56 Å². The van der Waals surface area contributed by atoms with Gasteiger partial charge in [-0.15, -0.1) is 11.3 Å². The fourth-order valence-electron chi connectivity index (χ4n) is 1.51. The molecule has 1 unspecified atom stereocenters. The average Bonchev–Trinajstić information content (AvgIpc) is 2.84. The summed E-state index contributed by atoms with van der Waals surface area (Å²) in [5.41, 5.74) is 3.09. The first-order chi connectivity index (χ1) is 8.61. The van der Waals surface area contributed by atoms with Crippen molar-refractivity contribution in [2.75, 3.05) is 7.11 Å². The van der Waals surface area contributed by atoms with E-state index in [1.165, 1.54) is 18.4 Å². The van der Waals surface area contributed by atoms with Crippen molar-refractivity contribution in [1.82, 2.24) is 10.3 Å². The minimum Gasteiger partial charge on any atom is -0.467 e. The summed E-state index contributed by atoms with van der Waals surface area (Å²) < 4.78 is 5.48. The molecule has 94 valence electrons. The van der Waals surface area contributed by atoms with Gasteiger partial charge in [0.05, 0.1) is 22.8 Å².